The van der Waals surface area contributed by atoms with Crippen LogP contribution in [0.25, 0.3) is 0 Å². The molecule has 0 radical (unpaired) electrons. The van der Waals surface area contributed by atoms with E-state index >= 15 is 0 Å². The number of ether oxygens (including phenoxy) is 2. The lowest BCUT2D eigenvalue weighted by molar-refractivity contribution is -0.145. The van der Waals surface area contributed by atoms with E-state index < -0.39 is 6.10 Å². The molecule has 2 atom stereocenters. The maximum atomic E-state index is 11.5. The van der Waals surface area contributed by atoms with Gasteiger partial charge in [0.25, 0.3) is 0 Å². The molecule has 5 nitrogen and oxygen atoms in total. The summed E-state index contributed by atoms with van der Waals surface area (Å²) in [5, 5.41) is 14.5. The van der Waals surface area contributed by atoms with Gasteiger partial charge in [-0.05, 0) is 67.1 Å². The molecule has 3 rings (SSSR count). The van der Waals surface area contributed by atoms with Crippen LogP contribution in [0.4, 0.5) is 0 Å². The Bertz CT molecular complexity index is 815. The van der Waals surface area contributed by atoms with Gasteiger partial charge < -0.3 is 19.9 Å². The lowest BCUT2D eigenvalue weighted by atomic mass is 9.88. The number of carbonyl (C=O) groups is 1. The van der Waals surface area contributed by atoms with Crippen molar-refractivity contribution in [1.29, 1.82) is 0 Å². The van der Waals surface area contributed by atoms with E-state index in [-0.39, 0.29) is 31.0 Å². The number of hydrogen-bond donors (Lipinski definition) is 2. The largest absolute Gasteiger partial charge is 0.482 e. The number of esters is 1. The highest BCUT2D eigenvalue weighted by atomic mass is 35.5. The summed E-state index contributed by atoms with van der Waals surface area (Å²) in [4.78, 5) is 11.5. The van der Waals surface area contributed by atoms with Crippen LogP contribution < -0.4 is 10.1 Å². The van der Waals surface area contributed by atoms with Crippen LogP contribution in [0.15, 0.2) is 42.5 Å². The zero-order chi connectivity index (χ0) is 19.9. The van der Waals surface area contributed by atoms with Crippen molar-refractivity contribution in [1.82, 2.24) is 5.32 Å². The number of carbonyl (C=O) groups excluding carboxylic acids is 1. The highest BCUT2D eigenvalue weighted by Gasteiger charge is 2.20. The Kier molecular flexibility index (Phi) is 9.24. The lowest BCUT2D eigenvalue weighted by Gasteiger charge is -2.27. The van der Waals surface area contributed by atoms with Crippen LogP contribution in [-0.2, 0) is 22.4 Å². The third-order valence-corrected chi connectivity index (χ3v) is 5.14. The quantitative estimate of drug-likeness (QED) is 0.610. The molecule has 0 amide bonds. The van der Waals surface area contributed by atoms with Crippen molar-refractivity contribution in [2.45, 2.75) is 38.3 Å². The van der Waals surface area contributed by atoms with Crippen molar-refractivity contribution in [3.05, 3.63) is 64.2 Å². The van der Waals surface area contributed by atoms with Crippen molar-refractivity contribution in [3.63, 3.8) is 0 Å². The first-order valence-corrected chi connectivity index (χ1v) is 10.00. The van der Waals surface area contributed by atoms with E-state index in [4.69, 9.17) is 21.1 Å². The third kappa shape index (κ3) is 6.89. The zero-order valence-corrected chi connectivity index (χ0v) is 18.0. The molecule has 2 aromatic carbocycles. The molecule has 0 aromatic heterocycles. The fourth-order valence-electron chi connectivity index (χ4n) is 3.45. The highest BCUT2D eigenvalue weighted by Crippen LogP contribution is 2.26. The fourth-order valence-corrected chi connectivity index (χ4v) is 3.65. The average Bonchev–Trinajstić information content (AvgIpc) is 2.70. The Hall–Kier alpha value is -1.79. The van der Waals surface area contributed by atoms with Crippen LogP contribution in [0.5, 0.6) is 5.75 Å². The predicted molar refractivity (Wildman–Crippen MR) is 116 cm³/mol. The molecule has 2 aromatic rings. The molecule has 0 unspecified atom stereocenters. The summed E-state index contributed by atoms with van der Waals surface area (Å²) in [6.07, 6.45) is 2.24. The standard InChI is InChI=1S/C22H26ClNO4.ClH/c1-2-27-22(26)14-28-20-9-7-15-6-8-19(11-17(15)12-20)24-13-21(25)16-4-3-5-18(23)10-16;/h3-5,7,9-10,12,19,21,24-25H,2,6,8,11,13-14H2,1H3;1H/t19-,21+;/m0./s1. The number of nitrogens with one attached hydrogen (secondary N) is 1. The molecule has 0 bridgehead atoms. The molecule has 0 heterocycles. The van der Waals surface area contributed by atoms with Gasteiger partial charge in [0.2, 0.25) is 0 Å². The Morgan fingerprint density at radius 2 is 2.10 bits per heavy atom. The summed E-state index contributed by atoms with van der Waals surface area (Å²) in [5.41, 5.74) is 3.32. The molecule has 0 saturated heterocycles. The SMILES string of the molecule is CCOC(=O)COc1ccc2c(c1)C[C@@H](NC[C@@H](O)c1cccc(Cl)c1)CC2.Cl. The minimum absolute atomic E-state index is 0. The third-order valence-electron chi connectivity index (χ3n) is 4.90. The van der Waals surface area contributed by atoms with Crippen LogP contribution in [0.3, 0.4) is 0 Å². The van der Waals surface area contributed by atoms with E-state index in [0.717, 1.165) is 24.8 Å². The first-order valence-electron chi connectivity index (χ1n) is 9.62. The molecule has 0 saturated carbocycles. The number of aryl methyl sites for hydroxylation is 1. The summed E-state index contributed by atoms with van der Waals surface area (Å²) >= 11 is 6.00. The van der Waals surface area contributed by atoms with Gasteiger partial charge in [-0.15, -0.1) is 12.4 Å². The molecular weight excluding hydrogens is 413 g/mol. The zero-order valence-electron chi connectivity index (χ0n) is 16.4. The number of halogens is 2. The smallest absolute Gasteiger partial charge is 0.344 e. The lowest BCUT2D eigenvalue weighted by Crippen LogP contribution is -2.37. The van der Waals surface area contributed by atoms with Gasteiger partial charge in [-0.2, -0.15) is 0 Å². The maximum Gasteiger partial charge on any atom is 0.344 e. The van der Waals surface area contributed by atoms with Crippen molar-refractivity contribution < 1.29 is 19.4 Å². The van der Waals surface area contributed by atoms with E-state index in [1.54, 1.807) is 19.1 Å². The molecule has 0 fully saturated rings. The topological polar surface area (TPSA) is 67.8 Å². The van der Waals surface area contributed by atoms with Crippen molar-refractivity contribution in [2.24, 2.45) is 0 Å². The van der Waals surface area contributed by atoms with E-state index in [0.29, 0.717) is 23.9 Å². The van der Waals surface area contributed by atoms with Gasteiger partial charge in [0, 0.05) is 17.6 Å². The summed E-state index contributed by atoms with van der Waals surface area (Å²) in [6.45, 7) is 2.51. The Morgan fingerprint density at radius 1 is 1.28 bits per heavy atom. The van der Waals surface area contributed by atoms with Crippen molar-refractivity contribution in [2.75, 3.05) is 19.8 Å². The first kappa shape index (κ1) is 23.5. The summed E-state index contributed by atoms with van der Waals surface area (Å²) < 4.78 is 10.4. The van der Waals surface area contributed by atoms with Crippen LogP contribution >= 0.6 is 24.0 Å². The van der Waals surface area contributed by atoms with E-state index in [9.17, 15) is 9.90 Å². The molecule has 29 heavy (non-hydrogen) atoms. The average molecular weight is 440 g/mol. The van der Waals surface area contributed by atoms with Gasteiger partial charge >= 0.3 is 5.97 Å². The van der Waals surface area contributed by atoms with Crippen LogP contribution in [0.2, 0.25) is 5.02 Å². The number of aliphatic hydroxyl groups is 1. The number of fused-ring (bicyclic) bond motifs is 1. The second kappa shape index (κ2) is 11.4. The van der Waals surface area contributed by atoms with E-state index in [1.165, 1.54) is 11.1 Å². The minimum Gasteiger partial charge on any atom is -0.482 e. The summed E-state index contributed by atoms with van der Waals surface area (Å²) in [6, 6.07) is 13.5. The van der Waals surface area contributed by atoms with Gasteiger partial charge in [0.15, 0.2) is 6.61 Å². The van der Waals surface area contributed by atoms with Crippen LogP contribution in [0, 0.1) is 0 Å². The normalized spacial score (nSPS) is 16.3. The molecule has 2 N–H and O–H groups in total. The Morgan fingerprint density at radius 3 is 2.86 bits per heavy atom. The maximum absolute atomic E-state index is 11.5. The van der Waals surface area contributed by atoms with Crippen molar-refractivity contribution in [3.8, 4) is 5.75 Å². The van der Waals surface area contributed by atoms with Gasteiger partial charge in [-0.3, -0.25) is 0 Å². The molecular formula is C22H27Cl2NO4. The molecule has 1 aliphatic rings. The number of benzene rings is 2. The monoisotopic (exact) mass is 439 g/mol. The van der Waals surface area contributed by atoms with Gasteiger partial charge in [0.05, 0.1) is 12.7 Å². The highest BCUT2D eigenvalue weighted by molar-refractivity contribution is 6.30. The number of hydrogen-bond acceptors (Lipinski definition) is 5. The number of rotatable bonds is 8. The van der Waals surface area contributed by atoms with Gasteiger partial charge in [-0.1, -0.05) is 29.8 Å². The second-order valence-corrected chi connectivity index (χ2v) is 7.38. The Balaban J connectivity index is 0.00000300. The first-order chi connectivity index (χ1) is 13.5. The van der Waals surface area contributed by atoms with Crippen LogP contribution in [0.1, 0.15) is 36.1 Å². The molecule has 1 aliphatic carbocycles. The van der Waals surface area contributed by atoms with Crippen molar-refractivity contribution >= 4 is 30.0 Å². The summed E-state index contributed by atoms with van der Waals surface area (Å²) in [5.74, 6) is 0.307. The minimum atomic E-state index is -0.598. The van der Waals surface area contributed by atoms with Gasteiger partial charge in [-0.25, -0.2) is 4.79 Å². The predicted octanol–water partition coefficient (Wildman–Crippen LogP) is 3.88. The van der Waals surface area contributed by atoms with E-state index in [2.05, 4.69) is 11.4 Å². The van der Waals surface area contributed by atoms with Crippen LogP contribution in [-0.4, -0.2) is 36.9 Å². The Labute approximate surface area is 182 Å². The molecule has 158 valence electrons. The molecule has 0 aliphatic heterocycles. The summed E-state index contributed by atoms with van der Waals surface area (Å²) in [7, 11) is 0. The molecule has 7 heteroatoms. The molecule has 0 spiro atoms. The second-order valence-electron chi connectivity index (χ2n) is 6.94. The number of aliphatic hydroxyl groups excluding tert-OH is 1. The fraction of sp³-hybridized carbons (Fsp3) is 0.409. The van der Waals surface area contributed by atoms with E-state index in [1.807, 2.05) is 24.3 Å². The van der Waals surface area contributed by atoms with Gasteiger partial charge in [0.1, 0.15) is 5.75 Å².